The van der Waals surface area contributed by atoms with E-state index in [2.05, 4.69) is 11.1 Å². The van der Waals surface area contributed by atoms with E-state index in [0.29, 0.717) is 16.0 Å². The number of nitriles is 1. The van der Waals surface area contributed by atoms with Crippen LogP contribution in [0.3, 0.4) is 0 Å². The van der Waals surface area contributed by atoms with Crippen molar-refractivity contribution in [3.8, 4) is 11.9 Å². The standard InChI is InChI=1S/C21H15N3O2S/c1-13-17(16-8-4-5-9-18(16)23-13)10-19-20(25)24(21(26)27-19)12-15-7-3-2-6-14(15)11-22/h2-10,25H,12H2,1H3. The number of aromatic hydroxyl groups is 1. The fourth-order valence-electron chi connectivity index (χ4n) is 3.13. The van der Waals surface area contributed by atoms with Crippen LogP contribution in [0.5, 0.6) is 5.88 Å². The van der Waals surface area contributed by atoms with E-state index < -0.39 is 0 Å². The van der Waals surface area contributed by atoms with E-state index >= 15 is 0 Å². The van der Waals surface area contributed by atoms with Gasteiger partial charge in [-0.2, -0.15) is 5.26 Å². The third-order valence-corrected chi connectivity index (χ3v) is 5.42. The molecule has 0 bridgehead atoms. The SMILES string of the molecule is CC1=Nc2ccccc2C1=Cc1sc(=O)n(Cc2ccccc2C#N)c1O. The Morgan fingerprint density at radius 1 is 1.22 bits per heavy atom. The lowest BCUT2D eigenvalue weighted by Crippen LogP contribution is -2.14. The molecule has 0 saturated heterocycles. The lowest BCUT2D eigenvalue weighted by molar-refractivity contribution is 0.420. The topological polar surface area (TPSA) is 78.4 Å². The molecule has 0 radical (unpaired) electrons. The number of allylic oxidation sites excluding steroid dienone is 1. The summed E-state index contributed by atoms with van der Waals surface area (Å²) in [5.41, 5.74) is 4.79. The van der Waals surface area contributed by atoms with Crippen LogP contribution in [0.2, 0.25) is 0 Å². The summed E-state index contributed by atoms with van der Waals surface area (Å²) in [6.45, 7) is 2.06. The van der Waals surface area contributed by atoms with Gasteiger partial charge in [0.25, 0.3) is 0 Å². The highest BCUT2D eigenvalue weighted by molar-refractivity contribution is 7.10. The molecule has 0 aliphatic carbocycles. The van der Waals surface area contributed by atoms with Crippen molar-refractivity contribution >= 4 is 34.4 Å². The Labute approximate surface area is 159 Å². The first-order chi connectivity index (χ1) is 13.1. The molecule has 0 unspecified atom stereocenters. The van der Waals surface area contributed by atoms with Gasteiger partial charge in [0, 0.05) is 16.8 Å². The molecular weight excluding hydrogens is 358 g/mol. The van der Waals surface area contributed by atoms with Gasteiger partial charge in [-0.25, -0.2) is 0 Å². The third-order valence-electron chi connectivity index (χ3n) is 4.51. The van der Waals surface area contributed by atoms with E-state index in [0.717, 1.165) is 33.9 Å². The van der Waals surface area contributed by atoms with Crippen molar-refractivity contribution in [2.45, 2.75) is 13.5 Å². The van der Waals surface area contributed by atoms with Crippen LogP contribution in [0.25, 0.3) is 11.6 Å². The third kappa shape index (κ3) is 2.98. The molecule has 1 N–H and O–H groups in total. The highest BCUT2D eigenvalue weighted by atomic mass is 32.1. The maximum atomic E-state index is 12.4. The molecule has 27 heavy (non-hydrogen) atoms. The number of nitrogens with zero attached hydrogens (tertiary/aromatic N) is 3. The van der Waals surface area contributed by atoms with Crippen LogP contribution in [0.1, 0.15) is 28.5 Å². The zero-order chi connectivity index (χ0) is 19.0. The smallest absolute Gasteiger partial charge is 0.310 e. The molecule has 2 aromatic carbocycles. The summed E-state index contributed by atoms with van der Waals surface area (Å²) in [7, 11) is 0. The second kappa shape index (κ2) is 6.71. The van der Waals surface area contributed by atoms with Crippen molar-refractivity contribution < 1.29 is 5.11 Å². The molecule has 3 aromatic rings. The molecule has 0 spiro atoms. The zero-order valence-electron chi connectivity index (χ0n) is 14.5. The summed E-state index contributed by atoms with van der Waals surface area (Å²) in [4.78, 5) is 17.2. The largest absolute Gasteiger partial charge is 0.493 e. The van der Waals surface area contributed by atoms with Gasteiger partial charge in [0.2, 0.25) is 5.88 Å². The number of aliphatic imine (C=N–C) groups is 1. The Balaban J connectivity index is 1.76. The van der Waals surface area contributed by atoms with Crippen LogP contribution in [-0.4, -0.2) is 15.4 Å². The summed E-state index contributed by atoms with van der Waals surface area (Å²) in [5, 5.41) is 19.9. The van der Waals surface area contributed by atoms with Gasteiger partial charge < -0.3 is 5.11 Å². The van der Waals surface area contributed by atoms with E-state index in [1.165, 1.54) is 4.57 Å². The summed E-state index contributed by atoms with van der Waals surface area (Å²) >= 11 is 0.980. The quantitative estimate of drug-likeness (QED) is 0.748. The Kier molecular flexibility index (Phi) is 4.22. The van der Waals surface area contributed by atoms with Crippen LogP contribution >= 0.6 is 11.3 Å². The van der Waals surface area contributed by atoms with Crippen molar-refractivity contribution in [2.24, 2.45) is 4.99 Å². The number of hydrogen-bond acceptors (Lipinski definition) is 5. The second-order valence-electron chi connectivity index (χ2n) is 6.18. The molecule has 6 heteroatoms. The van der Waals surface area contributed by atoms with Crippen molar-refractivity contribution in [1.29, 1.82) is 5.26 Å². The van der Waals surface area contributed by atoms with E-state index in [4.69, 9.17) is 0 Å². The van der Waals surface area contributed by atoms with Crippen molar-refractivity contribution in [3.05, 3.63) is 79.8 Å². The van der Waals surface area contributed by atoms with Crippen LogP contribution in [0.4, 0.5) is 5.69 Å². The number of rotatable bonds is 3. The number of aromatic nitrogens is 1. The fourth-order valence-corrected chi connectivity index (χ4v) is 3.96. The predicted octanol–water partition coefficient (Wildman–Crippen LogP) is 4.18. The van der Waals surface area contributed by atoms with Gasteiger partial charge >= 0.3 is 4.87 Å². The number of benzene rings is 2. The summed E-state index contributed by atoms with van der Waals surface area (Å²) in [5.74, 6) is -0.0950. The number of fused-ring (bicyclic) bond motifs is 1. The van der Waals surface area contributed by atoms with Crippen molar-refractivity contribution in [2.75, 3.05) is 0 Å². The predicted molar refractivity (Wildman–Crippen MR) is 108 cm³/mol. The van der Waals surface area contributed by atoms with E-state index in [1.54, 1.807) is 24.3 Å². The normalized spacial score (nSPS) is 14.1. The van der Waals surface area contributed by atoms with Gasteiger partial charge in [-0.1, -0.05) is 47.7 Å². The summed E-state index contributed by atoms with van der Waals surface area (Å²) < 4.78 is 1.29. The van der Waals surface area contributed by atoms with Crippen LogP contribution in [0, 0.1) is 11.3 Å². The van der Waals surface area contributed by atoms with E-state index in [9.17, 15) is 15.2 Å². The van der Waals surface area contributed by atoms with Crippen LogP contribution < -0.4 is 4.87 Å². The Morgan fingerprint density at radius 2 is 1.96 bits per heavy atom. The first-order valence-corrected chi connectivity index (χ1v) is 9.17. The fraction of sp³-hybridized carbons (Fsp3) is 0.0952. The minimum Gasteiger partial charge on any atom is -0.493 e. The van der Waals surface area contributed by atoms with Crippen LogP contribution in [0.15, 0.2) is 58.3 Å². The maximum absolute atomic E-state index is 12.4. The molecule has 1 aliphatic rings. The Morgan fingerprint density at radius 3 is 2.78 bits per heavy atom. The Hall–Kier alpha value is -3.43. The first-order valence-electron chi connectivity index (χ1n) is 8.36. The van der Waals surface area contributed by atoms with Gasteiger partial charge in [-0.3, -0.25) is 14.4 Å². The van der Waals surface area contributed by atoms with E-state index in [1.807, 2.05) is 37.3 Å². The summed E-state index contributed by atoms with van der Waals surface area (Å²) in [6, 6.07) is 16.9. The average molecular weight is 373 g/mol. The average Bonchev–Trinajstić information content (AvgIpc) is 3.13. The van der Waals surface area contributed by atoms with Crippen molar-refractivity contribution in [1.82, 2.24) is 4.57 Å². The molecule has 0 fully saturated rings. The number of hydrogen-bond donors (Lipinski definition) is 1. The molecule has 2 heterocycles. The molecule has 0 atom stereocenters. The van der Waals surface area contributed by atoms with E-state index in [-0.39, 0.29) is 17.3 Å². The highest BCUT2D eigenvalue weighted by Crippen LogP contribution is 2.37. The van der Waals surface area contributed by atoms with Crippen molar-refractivity contribution in [3.63, 3.8) is 0 Å². The first kappa shape index (κ1) is 17.0. The molecule has 5 nitrogen and oxygen atoms in total. The monoisotopic (exact) mass is 373 g/mol. The molecule has 0 amide bonds. The van der Waals surface area contributed by atoms with Gasteiger partial charge in [-0.05, 0) is 30.7 Å². The molecule has 132 valence electrons. The maximum Gasteiger partial charge on any atom is 0.310 e. The number of para-hydroxylation sites is 1. The lowest BCUT2D eigenvalue weighted by atomic mass is 10.0. The lowest BCUT2D eigenvalue weighted by Gasteiger charge is -2.06. The van der Waals surface area contributed by atoms with Gasteiger partial charge in [0.15, 0.2) is 0 Å². The van der Waals surface area contributed by atoms with Gasteiger partial charge in [0.05, 0.1) is 28.7 Å². The summed E-state index contributed by atoms with van der Waals surface area (Å²) in [6.07, 6.45) is 1.80. The Bertz CT molecular complexity index is 1210. The minimum absolute atomic E-state index is 0.0950. The molecule has 4 rings (SSSR count). The number of thiazole rings is 1. The zero-order valence-corrected chi connectivity index (χ0v) is 15.3. The van der Waals surface area contributed by atoms with Crippen LogP contribution in [-0.2, 0) is 6.54 Å². The molecule has 0 saturated carbocycles. The van der Waals surface area contributed by atoms with Gasteiger partial charge in [-0.15, -0.1) is 0 Å². The molecule has 1 aromatic heterocycles. The molecular formula is C21H15N3O2S. The highest BCUT2D eigenvalue weighted by Gasteiger charge is 2.20. The second-order valence-corrected chi connectivity index (χ2v) is 7.18. The molecule has 1 aliphatic heterocycles. The minimum atomic E-state index is -0.270. The van der Waals surface area contributed by atoms with Gasteiger partial charge in [0.1, 0.15) is 0 Å².